The Bertz CT molecular complexity index is 640. The van der Waals surface area contributed by atoms with Crippen LogP contribution >= 0.6 is 23.2 Å². The molecule has 0 aromatic heterocycles. The molecule has 3 nitrogen and oxygen atoms in total. The molecule has 0 heterocycles. The number of carbonyl (C=O) groups is 1. The van der Waals surface area contributed by atoms with Gasteiger partial charge in [0.25, 0.3) is 5.91 Å². The maximum atomic E-state index is 12.2. The normalized spacial score (nSPS) is 10.4. The van der Waals surface area contributed by atoms with Crippen LogP contribution in [0.5, 0.6) is 0 Å². The molecule has 20 heavy (non-hydrogen) atoms. The van der Waals surface area contributed by atoms with E-state index < -0.39 is 0 Å². The molecular formula is C15H14Cl2N2O. The third kappa shape index (κ3) is 3.24. The lowest BCUT2D eigenvalue weighted by Gasteiger charge is -2.09. The summed E-state index contributed by atoms with van der Waals surface area (Å²) in [6.07, 6.45) is 0. The van der Waals surface area contributed by atoms with Gasteiger partial charge in [-0.15, -0.1) is 0 Å². The summed E-state index contributed by atoms with van der Waals surface area (Å²) in [5.74, 6) is -0.279. The van der Waals surface area contributed by atoms with E-state index in [4.69, 9.17) is 28.9 Å². The van der Waals surface area contributed by atoms with Crippen molar-refractivity contribution in [1.82, 2.24) is 0 Å². The molecule has 0 spiro atoms. The molecule has 0 aliphatic rings. The van der Waals surface area contributed by atoms with Crippen LogP contribution in [0.25, 0.3) is 0 Å². The van der Waals surface area contributed by atoms with Gasteiger partial charge in [-0.3, -0.25) is 4.79 Å². The molecule has 2 aromatic rings. The van der Waals surface area contributed by atoms with Crippen LogP contribution in [-0.4, -0.2) is 5.91 Å². The number of halogens is 2. The van der Waals surface area contributed by atoms with Gasteiger partial charge in [0.1, 0.15) is 0 Å². The predicted octanol–water partition coefficient (Wildman–Crippen LogP) is 4.44. The molecule has 0 radical (unpaired) electrons. The van der Waals surface area contributed by atoms with Gasteiger partial charge in [0.2, 0.25) is 0 Å². The molecule has 0 aliphatic heterocycles. The summed E-state index contributed by atoms with van der Waals surface area (Å²) < 4.78 is 0. The average molecular weight is 309 g/mol. The summed E-state index contributed by atoms with van der Waals surface area (Å²) in [6, 6.07) is 8.82. The zero-order chi connectivity index (χ0) is 14.9. The number of anilines is 2. The molecule has 5 heteroatoms. The lowest BCUT2D eigenvalue weighted by Crippen LogP contribution is -2.12. The van der Waals surface area contributed by atoms with Gasteiger partial charge in [0.05, 0.1) is 15.7 Å². The fourth-order valence-corrected chi connectivity index (χ4v) is 2.45. The Morgan fingerprint density at radius 3 is 2.00 bits per heavy atom. The van der Waals surface area contributed by atoms with E-state index in [9.17, 15) is 4.79 Å². The summed E-state index contributed by atoms with van der Waals surface area (Å²) in [5.41, 5.74) is 9.18. The van der Waals surface area contributed by atoms with Crippen LogP contribution in [0.1, 0.15) is 21.5 Å². The maximum absolute atomic E-state index is 12.2. The van der Waals surface area contributed by atoms with Crippen LogP contribution in [0.4, 0.5) is 11.4 Å². The third-order valence-corrected chi connectivity index (χ3v) is 3.45. The van der Waals surface area contributed by atoms with Gasteiger partial charge in [0, 0.05) is 11.3 Å². The van der Waals surface area contributed by atoms with Crippen LogP contribution in [-0.2, 0) is 0 Å². The van der Waals surface area contributed by atoms with Crippen molar-refractivity contribution in [2.75, 3.05) is 11.1 Å². The van der Waals surface area contributed by atoms with E-state index in [1.54, 1.807) is 0 Å². The number of benzene rings is 2. The lowest BCUT2D eigenvalue weighted by molar-refractivity contribution is 0.102. The quantitative estimate of drug-likeness (QED) is 0.806. The van der Waals surface area contributed by atoms with Gasteiger partial charge in [-0.2, -0.15) is 0 Å². The molecule has 3 N–H and O–H groups in total. The van der Waals surface area contributed by atoms with Gasteiger partial charge in [-0.25, -0.2) is 0 Å². The van der Waals surface area contributed by atoms with Gasteiger partial charge >= 0.3 is 0 Å². The van der Waals surface area contributed by atoms with E-state index in [-0.39, 0.29) is 21.6 Å². The molecule has 2 aromatic carbocycles. The molecule has 0 atom stereocenters. The SMILES string of the molecule is Cc1cc(C)cc(NC(=O)c2cc(Cl)c(N)c(Cl)c2)c1. The fourth-order valence-electron chi connectivity index (χ4n) is 1.97. The lowest BCUT2D eigenvalue weighted by atomic mass is 10.1. The summed E-state index contributed by atoms with van der Waals surface area (Å²) in [4.78, 5) is 12.2. The van der Waals surface area contributed by atoms with Gasteiger partial charge in [-0.05, 0) is 49.2 Å². The van der Waals surface area contributed by atoms with Crippen LogP contribution in [0.2, 0.25) is 10.0 Å². The number of carbonyl (C=O) groups excluding carboxylic acids is 1. The van der Waals surface area contributed by atoms with Crippen molar-refractivity contribution in [3.63, 3.8) is 0 Å². The number of nitrogens with two attached hydrogens (primary N) is 1. The van der Waals surface area contributed by atoms with Gasteiger partial charge in [0.15, 0.2) is 0 Å². The summed E-state index contributed by atoms with van der Waals surface area (Å²) in [6.45, 7) is 3.94. The third-order valence-electron chi connectivity index (χ3n) is 2.82. The molecule has 0 saturated carbocycles. The Hall–Kier alpha value is -1.71. The zero-order valence-corrected chi connectivity index (χ0v) is 12.6. The highest BCUT2D eigenvalue weighted by molar-refractivity contribution is 6.39. The van der Waals surface area contributed by atoms with E-state index >= 15 is 0 Å². The van der Waals surface area contributed by atoms with Crippen molar-refractivity contribution in [1.29, 1.82) is 0 Å². The summed E-state index contributed by atoms with van der Waals surface area (Å²) in [7, 11) is 0. The van der Waals surface area contributed by atoms with E-state index in [1.165, 1.54) is 12.1 Å². The van der Waals surface area contributed by atoms with Crippen molar-refractivity contribution in [2.24, 2.45) is 0 Å². The largest absolute Gasteiger partial charge is 0.396 e. The van der Waals surface area contributed by atoms with Crippen molar-refractivity contribution < 1.29 is 4.79 Å². The molecule has 0 saturated heterocycles. The predicted molar refractivity (Wildman–Crippen MR) is 84.7 cm³/mol. The molecule has 0 bridgehead atoms. The molecule has 2 rings (SSSR count). The first-order chi connectivity index (χ1) is 9.36. The number of aryl methyl sites for hydroxylation is 2. The number of nitrogen functional groups attached to an aromatic ring is 1. The smallest absolute Gasteiger partial charge is 0.255 e. The minimum Gasteiger partial charge on any atom is -0.396 e. The Morgan fingerprint density at radius 2 is 1.50 bits per heavy atom. The summed E-state index contributed by atoms with van der Waals surface area (Å²) in [5, 5.41) is 3.35. The summed E-state index contributed by atoms with van der Waals surface area (Å²) >= 11 is 11.9. The molecule has 104 valence electrons. The molecule has 0 aliphatic carbocycles. The zero-order valence-electron chi connectivity index (χ0n) is 11.1. The fraction of sp³-hybridized carbons (Fsp3) is 0.133. The van der Waals surface area contributed by atoms with Gasteiger partial charge in [-0.1, -0.05) is 29.3 Å². The van der Waals surface area contributed by atoms with Crippen molar-refractivity contribution in [3.05, 3.63) is 57.1 Å². The average Bonchev–Trinajstić information content (AvgIpc) is 2.33. The molecule has 0 unspecified atom stereocenters. The second kappa shape index (κ2) is 5.73. The van der Waals surface area contributed by atoms with E-state index in [0.29, 0.717) is 5.56 Å². The number of hydrogen-bond acceptors (Lipinski definition) is 2. The highest BCUT2D eigenvalue weighted by Crippen LogP contribution is 2.29. The van der Waals surface area contributed by atoms with E-state index in [1.807, 2.05) is 32.0 Å². The van der Waals surface area contributed by atoms with Crippen LogP contribution in [0.3, 0.4) is 0 Å². The van der Waals surface area contributed by atoms with Crippen molar-refractivity contribution >= 4 is 40.5 Å². The topological polar surface area (TPSA) is 55.1 Å². The number of nitrogens with one attached hydrogen (secondary N) is 1. The first-order valence-corrected chi connectivity index (χ1v) is 6.76. The molecule has 1 amide bonds. The Balaban J connectivity index is 2.28. The first kappa shape index (κ1) is 14.7. The highest BCUT2D eigenvalue weighted by Gasteiger charge is 2.11. The van der Waals surface area contributed by atoms with Crippen LogP contribution < -0.4 is 11.1 Å². The van der Waals surface area contributed by atoms with Crippen LogP contribution in [0.15, 0.2) is 30.3 Å². The second-order valence-electron chi connectivity index (χ2n) is 4.68. The maximum Gasteiger partial charge on any atom is 0.255 e. The number of amides is 1. The number of rotatable bonds is 2. The van der Waals surface area contributed by atoms with Crippen LogP contribution in [0, 0.1) is 13.8 Å². The van der Waals surface area contributed by atoms with Crippen molar-refractivity contribution in [2.45, 2.75) is 13.8 Å². The van der Waals surface area contributed by atoms with E-state index in [0.717, 1.165) is 16.8 Å². The second-order valence-corrected chi connectivity index (χ2v) is 5.50. The Labute approximate surface area is 127 Å². The van der Waals surface area contributed by atoms with Gasteiger partial charge < -0.3 is 11.1 Å². The Kier molecular flexibility index (Phi) is 4.21. The molecule has 0 fully saturated rings. The highest BCUT2D eigenvalue weighted by atomic mass is 35.5. The standard InChI is InChI=1S/C15H14Cl2N2O/c1-8-3-9(2)5-11(4-8)19-15(20)10-6-12(16)14(18)13(17)7-10/h3-7H,18H2,1-2H3,(H,19,20). The monoisotopic (exact) mass is 308 g/mol. The minimum atomic E-state index is -0.279. The first-order valence-electron chi connectivity index (χ1n) is 6.01. The number of hydrogen-bond donors (Lipinski definition) is 2. The Morgan fingerprint density at radius 1 is 1.00 bits per heavy atom. The minimum absolute atomic E-state index is 0.267. The van der Waals surface area contributed by atoms with E-state index in [2.05, 4.69) is 5.32 Å². The molecular weight excluding hydrogens is 295 g/mol. The van der Waals surface area contributed by atoms with Crippen molar-refractivity contribution in [3.8, 4) is 0 Å².